The lowest BCUT2D eigenvalue weighted by atomic mass is 10.0. The Morgan fingerprint density at radius 3 is 2.59 bits per heavy atom. The van der Waals surface area contributed by atoms with Gasteiger partial charge in [0.25, 0.3) is 5.91 Å². The molecule has 27 heavy (non-hydrogen) atoms. The van der Waals surface area contributed by atoms with Crippen molar-refractivity contribution >= 4 is 16.9 Å². The van der Waals surface area contributed by atoms with Crippen molar-refractivity contribution < 1.29 is 9.53 Å². The van der Waals surface area contributed by atoms with E-state index in [4.69, 9.17) is 4.74 Å². The van der Waals surface area contributed by atoms with Gasteiger partial charge in [0.05, 0.1) is 30.4 Å². The van der Waals surface area contributed by atoms with E-state index in [9.17, 15) is 4.79 Å². The largest absolute Gasteiger partial charge is 0.497 e. The van der Waals surface area contributed by atoms with E-state index in [0.29, 0.717) is 5.69 Å². The van der Waals surface area contributed by atoms with Crippen LogP contribution in [0.15, 0.2) is 54.7 Å². The normalized spacial score (nSPS) is 17.5. The fourth-order valence-corrected chi connectivity index (χ4v) is 3.73. The Kier molecular flexibility index (Phi) is 5.01. The predicted molar refractivity (Wildman–Crippen MR) is 105 cm³/mol. The summed E-state index contributed by atoms with van der Waals surface area (Å²) in [5, 5.41) is 0. The van der Waals surface area contributed by atoms with E-state index in [0.717, 1.165) is 54.6 Å². The quantitative estimate of drug-likeness (QED) is 0.694. The van der Waals surface area contributed by atoms with Crippen LogP contribution in [0, 0.1) is 0 Å². The number of para-hydroxylation sites is 2. The molecule has 1 atom stereocenters. The van der Waals surface area contributed by atoms with E-state index < -0.39 is 0 Å². The Morgan fingerprint density at radius 2 is 1.81 bits per heavy atom. The zero-order valence-electron chi connectivity index (χ0n) is 15.5. The van der Waals surface area contributed by atoms with E-state index in [-0.39, 0.29) is 11.9 Å². The van der Waals surface area contributed by atoms with E-state index in [1.165, 1.54) is 0 Å². The molecule has 5 nitrogen and oxygen atoms in total. The number of methoxy groups -OCH3 is 1. The number of carbonyl (C=O) groups is 1. The van der Waals surface area contributed by atoms with E-state index in [2.05, 4.69) is 22.1 Å². The summed E-state index contributed by atoms with van der Waals surface area (Å²) in [6.45, 7) is 0.740. The molecule has 1 aliphatic heterocycles. The number of amides is 1. The van der Waals surface area contributed by atoms with Crippen molar-refractivity contribution in [1.29, 1.82) is 0 Å². The number of nitrogens with zero attached hydrogens (tertiary/aromatic N) is 3. The van der Waals surface area contributed by atoms with Crippen LogP contribution in [0.2, 0.25) is 0 Å². The summed E-state index contributed by atoms with van der Waals surface area (Å²) in [5.41, 5.74) is 3.10. The highest BCUT2D eigenvalue weighted by atomic mass is 16.5. The highest BCUT2D eigenvalue weighted by molar-refractivity contribution is 5.94. The Morgan fingerprint density at radius 1 is 1.04 bits per heavy atom. The molecule has 0 spiro atoms. The van der Waals surface area contributed by atoms with Crippen LogP contribution in [-0.4, -0.2) is 34.4 Å². The lowest BCUT2D eigenvalue weighted by Crippen LogP contribution is -2.35. The summed E-state index contributed by atoms with van der Waals surface area (Å²) in [5.74, 6) is 0.779. The molecule has 0 bridgehead atoms. The zero-order chi connectivity index (χ0) is 18.6. The molecule has 0 aliphatic carbocycles. The van der Waals surface area contributed by atoms with Gasteiger partial charge in [0.15, 0.2) is 0 Å². The third-order valence-electron chi connectivity index (χ3n) is 5.18. The standard InChI is InChI=1S/C22H23N3O2/c1-27-17-12-10-16(11-13-17)21-9-3-2-6-14-25(21)22(26)20-15-23-18-7-4-5-8-19(18)24-20/h4-5,7-8,10-13,15,21H,2-3,6,9,14H2,1H3/t21-/m0/s1. The van der Waals surface area contributed by atoms with Crippen molar-refractivity contribution in [3.8, 4) is 5.75 Å². The Balaban J connectivity index is 1.67. The summed E-state index contributed by atoms with van der Waals surface area (Å²) in [7, 11) is 1.66. The highest BCUT2D eigenvalue weighted by Crippen LogP contribution is 2.32. The smallest absolute Gasteiger partial charge is 0.274 e. The van der Waals surface area contributed by atoms with Crippen molar-refractivity contribution in [1.82, 2.24) is 14.9 Å². The number of ether oxygens (including phenoxy) is 1. The fraction of sp³-hybridized carbons (Fsp3) is 0.318. The first-order valence-corrected chi connectivity index (χ1v) is 9.43. The van der Waals surface area contributed by atoms with Gasteiger partial charge in [-0.3, -0.25) is 9.78 Å². The van der Waals surface area contributed by atoms with E-state index in [1.807, 2.05) is 41.3 Å². The molecular formula is C22H23N3O2. The molecule has 1 saturated heterocycles. The molecule has 0 saturated carbocycles. The first kappa shape index (κ1) is 17.5. The number of carbonyl (C=O) groups excluding carboxylic acids is 1. The Hall–Kier alpha value is -2.95. The number of rotatable bonds is 3. The van der Waals surface area contributed by atoms with Gasteiger partial charge in [-0.2, -0.15) is 0 Å². The minimum Gasteiger partial charge on any atom is -0.497 e. The maximum atomic E-state index is 13.3. The molecule has 1 aromatic heterocycles. The lowest BCUT2D eigenvalue weighted by Gasteiger charge is -2.30. The minimum absolute atomic E-state index is 0.0454. The van der Waals surface area contributed by atoms with Crippen molar-refractivity contribution in [2.45, 2.75) is 31.7 Å². The van der Waals surface area contributed by atoms with Crippen LogP contribution in [0.5, 0.6) is 5.75 Å². The lowest BCUT2D eigenvalue weighted by molar-refractivity contribution is 0.0675. The predicted octanol–water partition coefficient (Wildman–Crippen LogP) is 4.40. The second-order valence-corrected chi connectivity index (χ2v) is 6.88. The van der Waals surface area contributed by atoms with Gasteiger partial charge >= 0.3 is 0 Å². The average molecular weight is 361 g/mol. The van der Waals surface area contributed by atoms with Gasteiger partial charge in [-0.05, 0) is 42.7 Å². The fourth-order valence-electron chi connectivity index (χ4n) is 3.73. The molecule has 138 valence electrons. The van der Waals surface area contributed by atoms with Crippen molar-refractivity contribution in [3.05, 3.63) is 66.0 Å². The van der Waals surface area contributed by atoms with Crippen molar-refractivity contribution in [2.24, 2.45) is 0 Å². The summed E-state index contributed by atoms with van der Waals surface area (Å²) in [6.07, 6.45) is 5.82. The van der Waals surface area contributed by atoms with Crippen LogP contribution in [0.1, 0.15) is 47.8 Å². The second-order valence-electron chi connectivity index (χ2n) is 6.88. The first-order valence-electron chi connectivity index (χ1n) is 9.43. The summed E-state index contributed by atoms with van der Waals surface area (Å²) in [4.78, 5) is 24.2. The molecule has 1 fully saturated rings. The third kappa shape index (κ3) is 3.63. The van der Waals surface area contributed by atoms with Gasteiger partial charge in [-0.25, -0.2) is 4.98 Å². The number of fused-ring (bicyclic) bond motifs is 1. The number of aromatic nitrogens is 2. The van der Waals surface area contributed by atoms with Gasteiger partial charge in [-0.15, -0.1) is 0 Å². The minimum atomic E-state index is -0.0454. The van der Waals surface area contributed by atoms with Crippen LogP contribution in [0.25, 0.3) is 11.0 Å². The van der Waals surface area contributed by atoms with E-state index in [1.54, 1.807) is 13.3 Å². The number of hydrogen-bond acceptors (Lipinski definition) is 4. The molecule has 0 N–H and O–H groups in total. The van der Waals surface area contributed by atoms with Crippen LogP contribution >= 0.6 is 0 Å². The highest BCUT2D eigenvalue weighted by Gasteiger charge is 2.28. The molecule has 1 amide bonds. The molecule has 2 aromatic carbocycles. The summed E-state index contributed by atoms with van der Waals surface area (Å²) >= 11 is 0. The van der Waals surface area contributed by atoms with Gasteiger partial charge in [0, 0.05) is 6.54 Å². The van der Waals surface area contributed by atoms with Crippen LogP contribution < -0.4 is 4.74 Å². The average Bonchev–Trinajstić information content (AvgIpc) is 2.99. The molecule has 1 aliphatic rings. The van der Waals surface area contributed by atoms with Gasteiger partial charge in [-0.1, -0.05) is 37.1 Å². The van der Waals surface area contributed by atoms with Gasteiger partial charge < -0.3 is 9.64 Å². The first-order chi connectivity index (χ1) is 13.3. The summed E-state index contributed by atoms with van der Waals surface area (Å²) < 4.78 is 5.27. The molecule has 2 heterocycles. The number of likely N-dealkylation sites (tertiary alicyclic amines) is 1. The molecule has 3 aromatic rings. The molecule has 0 radical (unpaired) electrons. The molecule has 5 heteroatoms. The Labute approximate surface area is 159 Å². The maximum absolute atomic E-state index is 13.3. The molecule has 0 unspecified atom stereocenters. The third-order valence-corrected chi connectivity index (χ3v) is 5.18. The van der Waals surface area contributed by atoms with Crippen LogP contribution in [0.3, 0.4) is 0 Å². The number of benzene rings is 2. The van der Waals surface area contributed by atoms with Gasteiger partial charge in [0.2, 0.25) is 0 Å². The molecule has 4 rings (SSSR count). The monoisotopic (exact) mass is 361 g/mol. The second kappa shape index (κ2) is 7.74. The van der Waals surface area contributed by atoms with Gasteiger partial charge in [0.1, 0.15) is 11.4 Å². The topological polar surface area (TPSA) is 55.3 Å². The Bertz CT molecular complexity index is 940. The van der Waals surface area contributed by atoms with Crippen LogP contribution in [-0.2, 0) is 0 Å². The molecular weight excluding hydrogens is 338 g/mol. The SMILES string of the molecule is COc1ccc([C@@H]2CCCCCN2C(=O)c2cnc3ccccc3n2)cc1. The summed E-state index contributed by atoms with van der Waals surface area (Å²) in [6, 6.07) is 15.7. The zero-order valence-corrected chi connectivity index (χ0v) is 15.5. The van der Waals surface area contributed by atoms with Crippen molar-refractivity contribution in [3.63, 3.8) is 0 Å². The van der Waals surface area contributed by atoms with Crippen molar-refractivity contribution in [2.75, 3.05) is 13.7 Å². The maximum Gasteiger partial charge on any atom is 0.274 e. The van der Waals surface area contributed by atoms with E-state index >= 15 is 0 Å². The number of hydrogen-bond donors (Lipinski definition) is 0. The van der Waals surface area contributed by atoms with Crippen LogP contribution in [0.4, 0.5) is 0 Å².